The van der Waals surface area contributed by atoms with Crippen molar-refractivity contribution in [2.24, 2.45) is 0 Å². The Labute approximate surface area is 94.6 Å². The molecule has 86 valence electrons. The molecule has 0 aromatic heterocycles. The van der Waals surface area contributed by atoms with Gasteiger partial charge in [-0.05, 0) is 25.0 Å². The van der Waals surface area contributed by atoms with Gasteiger partial charge < -0.3 is 14.8 Å². The molecule has 1 aromatic rings. The first-order valence-electron chi connectivity index (χ1n) is 5.32. The summed E-state index contributed by atoms with van der Waals surface area (Å²) in [4.78, 5) is 11.6. The lowest BCUT2D eigenvalue weighted by Gasteiger charge is -2.13. The molecule has 4 nitrogen and oxygen atoms in total. The molecule has 2 rings (SSSR count). The van der Waals surface area contributed by atoms with Crippen molar-refractivity contribution in [2.45, 2.75) is 18.9 Å². The molecule has 1 aromatic carbocycles. The lowest BCUT2D eigenvalue weighted by Crippen LogP contribution is -2.19. The number of methoxy groups -OCH3 is 1. The van der Waals surface area contributed by atoms with Gasteiger partial charge in [-0.25, -0.2) is 0 Å². The minimum Gasteiger partial charge on any atom is -0.492 e. The summed E-state index contributed by atoms with van der Waals surface area (Å²) >= 11 is 0. The Balaban J connectivity index is 2.32. The van der Waals surface area contributed by atoms with Crippen LogP contribution in [0.5, 0.6) is 11.5 Å². The fraction of sp³-hybridized carbons (Fsp3) is 0.417. The number of carbonyl (C=O) groups excluding carboxylic acids is 1. The third kappa shape index (κ3) is 2.10. The van der Waals surface area contributed by atoms with E-state index in [2.05, 4.69) is 5.32 Å². The van der Waals surface area contributed by atoms with Crippen LogP contribution in [0.3, 0.4) is 0 Å². The first-order valence-corrected chi connectivity index (χ1v) is 5.32. The van der Waals surface area contributed by atoms with Gasteiger partial charge in [-0.15, -0.1) is 0 Å². The Hall–Kier alpha value is -1.71. The van der Waals surface area contributed by atoms with Crippen LogP contribution in [0, 0.1) is 0 Å². The first-order chi connectivity index (χ1) is 7.76. The highest BCUT2D eigenvalue weighted by atomic mass is 16.5. The van der Waals surface area contributed by atoms with Crippen LogP contribution in [0.25, 0.3) is 0 Å². The quantitative estimate of drug-likeness (QED) is 0.840. The summed E-state index contributed by atoms with van der Waals surface area (Å²) in [5, 5.41) is 2.58. The van der Waals surface area contributed by atoms with E-state index in [0.29, 0.717) is 17.1 Å². The third-order valence-corrected chi connectivity index (χ3v) is 2.47. The fourth-order valence-corrected chi connectivity index (χ4v) is 1.50. The predicted octanol–water partition coefficient (Wildman–Crippen LogP) is 1.60. The van der Waals surface area contributed by atoms with Gasteiger partial charge in [0.25, 0.3) is 5.91 Å². The molecule has 0 bridgehead atoms. The molecule has 0 spiro atoms. The Kier molecular flexibility index (Phi) is 2.99. The summed E-state index contributed by atoms with van der Waals surface area (Å²) in [6, 6.07) is 5.34. The molecule has 0 unspecified atom stereocenters. The molecule has 1 aliphatic rings. The smallest absolute Gasteiger partial charge is 0.254 e. The summed E-state index contributed by atoms with van der Waals surface area (Å²) in [5.74, 6) is 0.984. The standard InChI is InChI=1S/C12H15NO3/c1-13-12(14)9-4-3-5-10(11(9)15-2)16-8-6-7-8/h3-5,8H,6-7H2,1-2H3,(H,13,14). The SMILES string of the molecule is CNC(=O)c1cccc(OC2CC2)c1OC. The Morgan fingerprint density at radius 2 is 2.19 bits per heavy atom. The summed E-state index contributed by atoms with van der Waals surface area (Å²) < 4.78 is 10.9. The molecular weight excluding hydrogens is 206 g/mol. The van der Waals surface area contributed by atoms with Crippen molar-refractivity contribution in [2.75, 3.05) is 14.2 Å². The number of nitrogens with one attached hydrogen (secondary N) is 1. The van der Waals surface area contributed by atoms with E-state index in [1.165, 1.54) is 0 Å². The second-order valence-corrected chi connectivity index (χ2v) is 3.73. The number of carbonyl (C=O) groups is 1. The largest absolute Gasteiger partial charge is 0.492 e. The third-order valence-electron chi connectivity index (χ3n) is 2.47. The summed E-state index contributed by atoms with van der Waals surface area (Å²) in [6.07, 6.45) is 2.44. The molecule has 1 aliphatic carbocycles. The molecule has 1 fully saturated rings. The van der Waals surface area contributed by atoms with Gasteiger partial charge in [0.05, 0.1) is 18.8 Å². The molecule has 1 amide bonds. The van der Waals surface area contributed by atoms with Gasteiger partial charge >= 0.3 is 0 Å². The Morgan fingerprint density at radius 1 is 1.44 bits per heavy atom. The van der Waals surface area contributed by atoms with E-state index in [9.17, 15) is 4.79 Å². The van der Waals surface area contributed by atoms with E-state index < -0.39 is 0 Å². The maximum Gasteiger partial charge on any atom is 0.254 e. The summed E-state index contributed by atoms with van der Waals surface area (Å²) in [7, 11) is 3.14. The van der Waals surface area contributed by atoms with E-state index in [4.69, 9.17) is 9.47 Å². The molecule has 4 heteroatoms. The van der Waals surface area contributed by atoms with Crippen LogP contribution in [0.4, 0.5) is 0 Å². The topological polar surface area (TPSA) is 47.6 Å². The summed E-state index contributed by atoms with van der Waals surface area (Å²) in [6.45, 7) is 0. The zero-order chi connectivity index (χ0) is 11.5. The predicted molar refractivity (Wildman–Crippen MR) is 60.0 cm³/mol. The highest BCUT2D eigenvalue weighted by Gasteiger charge is 2.26. The van der Waals surface area contributed by atoms with E-state index in [-0.39, 0.29) is 12.0 Å². The minimum absolute atomic E-state index is 0.168. The lowest BCUT2D eigenvalue weighted by atomic mass is 10.1. The molecule has 0 heterocycles. The number of para-hydroxylation sites is 1. The number of rotatable bonds is 4. The van der Waals surface area contributed by atoms with Crippen LogP contribution in [0.15, 0.2) is 18.2 Å². The average Bonchev–Trinajstić information content (AvgIpc) is 3.11. The highest BCUT2D eigenvalue weighted by Crippen LogP contribution is 2.35. The van der Waals surface area contributed by atoms with Gasteiger partial charge in [0.1, 0.15) is 0 Å². The minimum atomic E-state index is -0.168. The van der Waals surface area contributed by atoms with Crippen molar-refractivity contribution in [1.29, 1.82) is 0 Å². The average molecular weight is 221 g/mol. The van der Waals surface area contributed by atoms with E-state index in [1.54, 1.807) is 26.3 Å². The van der Waals surface area contributed by atoms with Crippen LogP contribution in [0.2, 0.25) is 0 Å². The molecule has 0 atom stereocenters. The van der Waals surface area contributed by atoms with Gasteiger partial charge in [-0.2, -0.15) is 0 Å². The van der Waals surface area contributed by atoms with Crippen molar-refractivity contribution >= 4 is 5.91 Å². The molecular formula is C12H15NO3. The molecule has 16 heavy (non-hydrogen) atoms. The zero-order valence-electron chi connectivity index (χ0n) is 9.45. The summed E-state index contributed by atoms with van der Waals surface area (Å²) in [5.41, 5.74) is 0.503. The molecule has 0 saturated heterocycles. The number of hydrogen-bond donors (Lipinski definition) is 1. The molecule has 1 saturated carbocycles. The van der Waals surface area contributed by atoms with E-state index in [1.807, 2.05) is 6.07 Å². The van der Waals surface area contributed by atoms with Crippen LogP contribution in [-0.2, 0) is 0 Å². The number of ether oxygens (including phenoxy) is 2. The van der Waals surface area contributed by atoms with Gasteiger partial charge in [0.15, 0.2) is 11.5 Å². The van der Waals surface area contributed by atoms with E-state index >= 15 is 0 Å². The van der Waals surface area contributed by atoms with Crippen LogP contribution in [-0.4, -0.2) is 26.2 Å². The fourth-order valence-electron chi connectivity index (χ4n) is 1.50. The maximum absolute atomic E-state index is 11.6. The van der Waals surface area contributed by atoms with Crippen molar-refractivity contribution in [3.05, 3.63) is 23.8 Å². The first kappa shape index (κ1) is 10.8. The zero-order valence-corrected chi connectivity index (χ0v) is 9.45. The van der Waals surface area contributed by atoms with Gasteiger partial charge in [0.2, 0.25) is 0 Å². The maximum atomic E-state index is 11.6. The van der Waals surface area contributed by atoms with Crippen molar-refractivity contribution in [3.63, 3.8) is 0 Å². The number of amides is 1. The van der Waals surface area contributed by atoms with Gasteiger partial charge in [-0.1, -0.05) is 6.07 Å². The Morgan fingerprint density at radius 3 is 2.75 bits per heavy atom. The number of benzene rings is 1. The lowest BCUT2D eigenvalue weighted by molar-refractivity contribution is 0.0959. The normalized spacial score (nSPS) is 14.4. The van der Waals surface area contributed by atoms with Crippen molar-refractivity contribution in [1.82, 2.24) is 5.32 Å². The van der Waals surface area contributed by atoms with Gasteiger partial charge in [-0.3, -0.25) is 4.79 Å². The Bertz CT molecular complexity index is 399. The molecule has 0 aliphatic heterocycles. The van der Waals surface area contributed by atoms with Crippen molar-refractivity contribution in [3.8, 4) is 11.5 Å². The van der Waals surface area contributed by atoms with Gasteiger partial charge in [0, 0.05) is 7.05 Å². The molecule has 0 radical (unpaired) electrons. The number of hydrogen-bond acceptors (Lipinski definition) is 3. The second kappa shape index (κ2) is 4.43. The highest BCUT2D eigenvalue weighted by molar-refractivity contribution is 5.97. The van der Waals surface area contributed by atoms with Crippen LogP contribution in [0.1, 0.15) is 23.2 Å². The van der Waals surface area contributed by atoms with Crippen molar-refractivity contribution < 1.29 is 14.3 Å². The van der Waals surface area contributed by atoms with Crippen LogP contribution >= 0.6 is 0 Å². The molecule has 1 N–H and O–H groups in total. The monoisotopic (exact) mass is 221 g/mol. The van der Waals surface area contributed by atoms with Crippen LogP contribution < -0.4 is 14.8 Å². The van der Waals surface area contributed by atoms with E-state index in [0.717, 1.165) is 12.8 Å². The second-order valence-electron chi connectivity index (χ2n) is 3.73.